The third-order valence-corrected chi connectivity index (χ3v) is 4.33. The number of likely N-dealkylation sites (tertiary alicyclic amines) is 1. The number of carbonyl (C=O) groups is 3. The number of amides is 3. The van der Waals surface area contributed by atoms with E-state index in [-0.39, 0.29) is 16.8 Å². The van der Waals surface area contributed by atoms with E-state index in [0.717, 1.165) is 19.4 Å². The van der Waals surface area contributed by atoms with Gasteiger partial charge in [-0.2, -0.15) is 0 Å². The first-order valence-corrected chi connectivity index (χ1v) is 8.95. The molecule has 0 saturated carbocycles. The molecule has 0 aromatic carbocycles. The van der Waals surface area contributed by atoms with Gasteiger partial charge in [-0.05, 0) is 43.9 Å². The van der Waals surface area contributed by atoms with Crippen LogP contribution in [0, 0.1) is 0 Å². The van der Waals surface area contributed by atoms with Gasteiger partial charge < -0.3 is 16.0 Å². The number of allylic oxidation sites excluding steroid dienone is 3. The molecule has 2 heterocycles. The Balaban J connectivity index is 2.15. The summed E-state index contributed by atoms with van der Waals surface area (Å²) in [4.78, 5) is 41.4. The maximum Gasteiger partial charge on any atom is 0.313 e. The van der Waals surface area contributed by atoms with Gasteiger partial charge in [-0.15, -0.1) is 0 Å². The standard InChI is InChI=1S/C20H22F2N4O3/c1-12(7-15(22)8-13(2)21)17-5-3-4-6-26(17)20(29)19(28)25-16-9-14(18(23)27)10-24-11-16/h7-11,17H,1,3-6H2,2H3,(H2,23,27)(H,25,28)/b13-8+,15-7+/t17-/m0/s1. The van der Waals surface area contributed by atoms with Crippen molar-refractivity contribution in [2.75, 3.05) is 11.9 Å². The summed E-state index contributed by atoms with van der Waals surface area (Å²) < 4.78 is 26.6. The lowest BCUT2D eigenvalue weighted by Gasteiger charge is -2.35. The van der Waals surface area contributed by atoms with Crippen LogP contribution in [0.5, 0.6) is 0 Å². The first-order valence-electron chi connectivity index (χ1n) is 8.95. The maximum absolute atomic E-state index is 13.8. The Morgan fingerprint density at radius 1 is 1.28 bits per heavy atom. The van der Waals surface area contributed by atoms with E-state index >= 15 is 0 Å². The molecular weight excluding hydrogens is 382 g/mol. The van der Waals surface area contributed by atoms with Crippen molar-refractivity contribution >= 4 is 23.4 Å². The second kappa shape index (κ2) is 9.72. The number of carbonyl (C=O) groups excluding carboxylic acids is 3. The van der Waals surface area contributed by atoms with Crippen LogP contribution in [0.1, 0.15) is 36.5 Å². The summed E-state index contributed by atoms with van der Waals surface area (Å²) in [7, 11) is 0. The molecule has 3 N–H and O–H groups in total. The number of anilines is 1. The number of piperidine rings is 1. The van der Waals surface area contributed by atoms with Crippen LogP contribution in [0.4, 0.5) is 14.5 Å². The normalized spacial score (nSPS) is 17.6. The zero-order valence-electron chi connectivity index (χ0n) is 16.0. The van der Waals surface area contributed by atoms with Gasteiger partial charge in [0.2, 0.25) is 5.91 Å². The van der Waals surface area contributed by atoms with Crippen molar-refractivity contribution in [2.24, 2.45) is 5.73 Å². The molecule has 1 saturated heterocycles. The second-order valence-electron chi connectivity index (χ2n) is 6.63. The van der Waals surface area contributed by atoms with Gasteiger partial charge in [0, 0.05) is 18.8 Å². The molecule has 1 fully saturated rings. The van der Waals surface area contributed by atoms with E-state index in [1.807, 2.05) is 0 Å². The number of halogens is 2. The monoisotopic (exact) mass is 404 g/mol. The Kier molecular flexibility index (Phi) is 7.35. The molecule has 1 atom stereocenters. The molecule has 29 heavy (non-hydrogen) atoms. The maximum atomic E-state index is 13.8. The van der Waals surface area contributed by atoms with Gasteiger partial charge in [-0.1, -0.05) is 6.58 Å². The number of nitrogens with two attached hydrogens (primary N) is 1. The van der Waals surface area contributed by atoms with Crippen LogP contribution < -0.4 is 11.1 Å². The predicted molar refractivity (Wildman–Crippen MR) is 104 cm³/mol. The lowest BCUT2D eigenvalue weighted by Crippen LogP contribution is -2.48. The Morgan fingerprint density at radius 2 is 2.00 bits per heavy atom. The van der Waals surface area contributed by atoms with E-state index in [1.54, 1.807) is 0 Å². The third kappa shape index (κ3) is 6.06. The number of nitrogens with one attached hydrogen (secondary N) is 1. The zero-order chi connectivity index (χ0) is 21.6. The summed E-state index contributed by atoms with van der Waals surface area (Å²) in [5, 5.41) is 2.38. The summed E-state index contributed by atoms with van der Waals surface area (Å²) in [6.45, 7) is 5.18. The molecule has 3 amide bonds. The highest BCUT2D eigenvalue weighted by Gasteiger charge is 2.32. The highest BCUT2D eigenvalue weighted by atomic mass is 19.1. The summed E-state index contributed by atoms with van der Waals surface area (Å²) in [6, 6.07) is 0.716. The predicted octanol–water partition coefficient (Wildman–Crippen LogP) is 2.78. The minimum absolute atomic E-state index is 0.0799. The molecule has 1 aromatic heterocycles. The molecule has 1 aliphatic heterocycles. The number of rotatable bonds is 5. The van der Waals surface area contributed by atoms with Crippen molar-refractivity contribution in [2.45, 2.75) is 32.2 Å². The number of pyridine rings is 1. The Morgan fingerprint density at radius 3 is 2.66 bits per heavy atom. The summed E-state index contributed by atoms with van der Waals surface area (Å²) in [6.07, 6.45) is 6.22. The molecular formula is C20H22F2N4O3. The van der Waals surface area contributed by atoms with Crippen molar-refractivity contribution in [3.05, 3.63) is 60.0 Å². The second-order valence-corrected chi connectivity index (χ2v) is 6.63. The summed E-state index contributed by atoms with van der Waals surface area (Å²) in [5.74, 6) is -4.01. The van der Waals surface area contributed by atoms with Gasteiger partial charge in [0.15, 0.2) is 0 Å². The molecule has 0 unspecified atom stereocenters. The highest BCUT2D eigenvalue weighted by molar-refractivity contribution is 6.39. The molecule has 1 aromatic rings. The van der Waals surface area contributed by atoms with Crippen LogP contribution in [0.15, 0.2) is 54.4 Å². The van der Waals surface area contributed by atoms with Gasteiger partial charge in [0.1, 0.15) is 5.83 Å². The van der Waals surface area contributed by atoms with Gasteiger partial charge in [-0.3, -0.25) is 19.4 Å². The molecule has 1 aliphatic rings. The number of hydrogen-bond acceptors (Lipinski definition) is 4. The first-order chi connectivity index (χ1) is 13.7. The minimum atomic E-state index is -0.933. The lowest BCUT2D eigenvalue weighted by atomic mass is 9.95. The van der Waals surface area contributed by atoms with Crippen molar-refractivity contribution in [1.82, 2.24) is 9.88 Å². The van der Waals surface area contributed by atoms with E-state index in [2.05, 4.69) is 16.9 Å². The van der Waals surface area contributed by atoms with Crippen LogP contribution in [-0.2, 0) is 9.59 Å². The minimum Gasteiger partial charge on any atom is -0.366 e. The molecule has 0 spiro atoms. The van der Waals surface area contributed by atoms with Crippen LogP contribution in [0.25, 0.3) is 0 Å². The summed E-state index contributed by atoms with van der Waals surface area (Å²) >= 11 is 0. The van der Waals surface area contributed by atoms with Crippen LogP contribution >= 0.6 is 0 Å². The zero-order valence-corrected chi connectivity index (χ0v) is 16.0. The Bertz CT molecular complexity index is 891. The van der Waals surface area contributed by atoms with E-state index in [4.69, 9.17) is 5.73 Å². The van der Waals surface area contributed by atoms with E-state index in [9.17, 15) is 23.2 Å². The largest absolute Gasteiger partial charge is 0.366 e. The Hall–Kier alpha value is -3.36. The van der Waals surface area contributed by atoms with Gasteiger partial charge in [-0.25, -0.2) is 8.78 Å². The Labute approximate surface area is 167 Å². The molecule has 7 nitrogen and oxygen atoms in total. The van der Waals surface area contributed by atoms with Crippen molar-refractivity contribution in [1.29, 1.82) is 0 Å². The fourth-order valence-electron chi connectivity index (χ4n) is 3.02. The number of hydrogen-bond donors (Lipinski definition) is 2. The van der Waals surface area contributed by atoms with Crippen LogP contribution in [-0.4, -0.2) is 40.2 Å². The van der Waals surface area contributed by atoms with Gasteiger partial charge in [0.25, 0.3) is 0 Å². The van der Waals surface area contributed by atoms with E-state index in [0.29, 0.717) is 25.5 Å². The molecule has 0 radical (unpaired) electrons. The first kappa shape index (κ1) is 21.9. The van der Waals surface area contributed by atoms with E-state index in [1.165, 1.54) is 23.4 Å². The highest BCUT2D eigenvalue weighted by Crippen LogP contribution is 2.25. The molecule has 0 bridgehead atoms. The molecule has 154 valence electrons. The van der Waals surface area contributed by atoms with Crippen LogP contribution in [0.2, 0.25) is 0 Å². The van der Waals surface area contributed by atoms with Crippen molar-refractivity contribution in [3.63, 3.8) is 0 Å². The quantitative estimate of drug-likeness (QED) is 0.581. The van der Waals surface area contributed by atoms with E-state index < -0.39 is 35.4 Å². The van der Waals surface area contributed by atoms with Crippen molar-refractivity contribution < 1.29 is 23.2 Å². The number of primary amides is 1. The smallest absolute Gasteiger partial charge is 0.313 e. The lowest BCUT2D eigenvalue weighted by molar-refractivity contribution is -0.145. The van der Waals surface area contributed by atoms with Gasteiger partial charge >= 0.3 is 11.8 Å². The average Bonchev–Trinajstić information content (AvgIpc) is 2.66. The molecule has 0 aliphatic carbocycles. The van der Waals surface area contributed by atoms with Crippen LogP contribution in [0.3, 0.4) is 0 Å². The fraction of sp³-hybridized carbons (Fsp3) is 0.300. The number of nitrogens with zero attached hydrogens (tertiary/aromatic N) is 2. The SMILES string of the molecule is C=C(/C=C(F)\C=C(/C)F)[C@@H]1CCCCN1C(=O)C(=O)Nc1cncc(C(N)=O)c1. The molecule has 2 rings (SSSR count). The topological polar surface area (TPSA) is 105 Å². The third-order valence-electron chi connectivity index (χ3n) is 4.33. The van der Waals surface area contributed by atoms with Crippen molar-refractivity contribution in [3.8, 4) is 0 Å². The van der Waals surface area contributed by atoms with Gasteiger partial charge in [0.05, 0.1) is 29.3 Å². The number of aromatic nitrogens is 1. The summed E-state index contributed by atoms with van der Waals surface area (Å²) in [5.41, 5.74) is 5.65. The average molecular weight is 404 g/mol. The molecule has 9 heteroatoms. The fourth-order valence-corrected chi connectivity index (χ4v) is 3.02.